The SMILES string of the molecule is O=C(O)C1CCC1Nc1cc(Cl)c(F)c(Cl)c1. The third kappa shape index (κ3) is 2.48. The standard InChI is InChI=1S/C11H10Cl2FNO2/c12-7-3-5(4-8(13)10(7)14)15-9-2-1-6(9)11(16)17/h3-4,6,9,15H,1-2H2,(H,16,17). The number of hydrogen-bond acceptors (Lipinski definition) is 2. The van der Waals surface area contributed by atoms with E-state index in [0.29, 0.717) is 12.1 Å². The topological polar surface area (TPSA) is 49.3 Å². The Morgan fingerprint density at radius 3 is 2.35 bits per heavy atom. The van der Waals surface area contributed by atoms with Crippen molar-refractivity contribution >= 4 is 34.9 Å². The van der Waals surface area contributed by atoms with Crippen LogP contribution in [0.5, 0.6) is 0 Å². The molecule has 0 heterocycles. The number of halogens is 3. The van der Waals surface area contributed by atoms with Crippen LogP contribution in [0.2, 0.25) is 10.0 Å². The average Bonchev–Trinajstić information content (AvgIpc) is 2.20. The van der Waals surface area contributed by atoms with Gasteiger partial charge in [-0.25, -0.2) is 4.39 Å². The molecule has 3 nitrogen and oxygen atoms in total. The molecule has 2 unspecified atom stereocenters. The highest BCUT2D eigenvalue weighted by atomic mass is 35.5. The average molecular weight is 278 g/mol. The molecular weight excluding hydrogens is 268 g/mol. The molecule has 1 aliphatic rings. The zero-order valence-electron chi connectivity index (χ0n) is 8.71. The summed E-state index contributed by atoms with van der Waals surface area (Å²) in [4.78, 5) is 10.8. The van der Waals surface area contributed by atoms with Crippen LogP contribution in [0.25, 0.3) is 0 Å². The summed E-state index contributed by atoms with van der Waals surface area (Å²) in [5.74, 6) is -1.90. The van der Waals surface area contributed by atoms with E-state index in [1.54, 1.807) is 0 Å². The first-order valence-electron chi connectivity index (χ1n) is 5.13. The van der Waals surface area contributed by atoms with Gasteiger partial charge in [0.25, 0.3) is 0 Å². The van der Waals surface area contributed by atoms with Gasteiger partial charge in [0.1, 0.15) is 0 Å². The van der Waals surface area contributed by atoms with E-state index in [4.69, 9.17) is 28.3 Å². The zero-order valence-corrected chi connectivity index (χ0v) is 10.2. The molecule has 2 atom stereocenters. The van der Waals surface area contributed by atoms with Crippen LogP contribution in [0.15, 0.2) is 12.1 Å². The molecule has 1 aromatic carbocycles. The van der Waals surface area contributed by atoms with Crippen molar-refractivity contribution in [3.05, 3.63) is 28.0 Å². The van der Waals surface area contributed by atoms with Crippen LogP contribution < -0.4 is 5.32 Å². The predicted octanol–water partition coefficient (Wildman–Crippen LogP) is 3.41. The van der Waals surface area contributed by atoms with Gasteiger partial charge in [-0.05, 0) is 25.0 Å². The molecule has 1 aromatic rings. The molecule has 0 bridgehead atoms. The van der Waals surface area contributed by atoms with Gasteiger partial charge in [0.2, 0.25) is 0 Å². The van der Waals surface area contributed by atoms with E-state index in [9.17, 15) is 9.18 Å². The van der Waals surface area contributed by atoms with E-state index in [0.717, 1.165) is 6.42 Å². The maximum Gasteiger partial charge on any atom is 0.308 e. The molecule has 0 aromatic heterocycles. The first-order chi connectivity index (χ1) is 7.99. The summed E-state index contributed by atoms with van der Waals surface area (Å²) in [7, 11) is 0. The minimum atomic E-state index is -0.826. The molecular formula is C11H10Cl2FNO2. The van der Waals surface area contributed by atoms with E-state index in [1.807, 2.05) is 0 Å². The van der Waals surface area contributed by atoms with Gasteiger partial charge in [-0.2, -0.15) is 0 Å². The lowest BCUT2D eigenvalue weighted by Gasteiger charge is -2.34. The second-order valence-corrected chi connectivity index (χ2v) is 4.84. The van der Waals surface area contributed by atoms with Crippen molar-refractivity contribution in [2.45, 2.75) is 18.9 Å². The van der Waals surface area contributed by atoms with Crippen LogP contribution >= 0.6 is 23.2 Å². The Hall–Kier alpha value is -1.00. The quantitative estimate of drug-likeness (QED) is 0.833. The van der Waals surface area contributed by atoms with Gasteiger partial charge in [0, 0.05) is 11.7 Å². The van der Waals surface area contributed by atoms with Crippen molar-refractivity contribution in [1.82, 2.24) is 0 Å². The Labute approximate surface area is 108 Å². The molecule has 17 heavy (non-hydrogen) atoms. The summed E-state index contributed by atoms with van der Waals surface area (Å²) in [6, 6.07) is 2.66. The Morgan fingerprint density at radius 2 is 1.94 bits per heavy atom. The Morgan fingerprint density at radius 1 is 1.35 bits per heavy atom. The molecule has 2 rings (SSSR count). The van der Waals surface area contributed by atoms with Crippen LogP contribution in [-0.4, -0.2) is 17.1 Å². The van der Waals surface area contributed by atoms with Crippen LogP contribution in [0, 0.1) is 11.7 Å². The summed E-state index contributed by atoms with van der Waals surface area (Å²) < 4.78 is 13.2. The lowest BCUT2D eigenvalue weighted by atomic mass is 9.79. The first kappa shape index (κ1) is 12.5. The fourth-order valence-corrected chi connectivity index (χ4v) is 2.31. The van der Waals surface area contributed by atoms with E-state index in [1.165, 1.54) is 12.1 Å². The van der Waals surface area contributed by atoms with Gasteiger partial charge < -0.3 is 10.4 Å². The fraction of sp³-hybridized carbons (Fsp3) is 0.364. The van der Waals surface area contributed by atoms with Crippen molar-refractivity contribution in [2.24, 2.45) is 5.92 Å². The van der Waals surface area contributed by atoms with Crippen LogP contribution in [0.4, 0.5) is 10.1 Å². The van der Waals surface area contributed by atoms with Gasteiger partial charge in [0.15, 0.2) is 5.82 Å². The molecule has 1 saturated carbocycles. The number of carboxylic acid groups (broad SMARTS) is 1. The largest absolute Gasteiger partial charge is 0.481 e. The highest BCUT2D eigenvalue weighted by Crippen LogP contribution is 2.33. The number of nitrogens with one attached hydrogen (secondary N) is 1. The summed E-state index contributed by atoms with van der Waals surface area (Å²) in [5.41, 5.74) is 0.539. The molecule has 0 radical (unpaired) electrons. The number of carboxylic acids is 1. The fourth-order valence-electron chi connectivity index (χ4n) is 1.82. The monoisotopic (exact) mass is 277 g/mol. The minimum absolute atomic E-state index is 0.0776. The van der Waals surface area contributed by atoms with Crippen molar-refractivity contribution in [1.29, 1.82) is 0 Å². The number of rotatable bonds is 3. The Balaban J connectivity index is 2.12. The van der Waals surface area contributed by atoms with E-state index >= 15 is 0 Å². The zero-order chi connectivity index (χ0) is 12.6. The molecule has 1 fully saturated rings. The molecule has 1 aliphatic carbocycles. The van der Waals surface area contributed by atoms with E-state index in [-0.39, 0.29) is 16.1 Å². The highest BCUT2D eigenvalue weighted by molar-refractivity contribution is 6.35. The van der Waals surface area contributed by atoms with Crippen LogP contribution in [0.3, 0.4) is 0 Å². The van der Waals surface area contributed by atoms with Gasteiger partial charge >= 0.3 is 5.97 Å². The van der Waals surface area contributed by atoms with E-state index in [2.05, 4.69) is 5.32 Å². The van der Waals surface area contributed by atoms with E-state index < -0.39 is 17.7 Å². The highest BCUT2D eigenvalue weighted by Gasteiger charge is 2.36. The van der Waals surface area contributed by atoms with Crippen molar-refractivity contribution in [3.63, 3.8) is 0 Å². The lowest BCUT2D eigenvalue weighted by molar-refractivity contribution is -0.144. The first-order valence-corrected chi connectivity index (χ1v) is 5.88. The van der Waals surface area contributed by atoms with Gasteiger partial charge in [0.05, 0.1) is 16.0 Å². The molecule has 92 valence electrons. The maximum atomic E-state index is 13.2. The third-order valence-corrected chi connectivity index (χ3v) is 3.48. The van der Waals surface area contributed by atoms with Gasteiger partial charge in [-0.15, -0.1) is 0 Å². The predicted molar refractivity (Wildman–Crippen MR) is 64.2 cm³/mol. The summed E-state index contributed by atoms with van der Waals surface area (Å²) in [6.07, 6.45) is 1.42. The number of benzene rings is 1. The smallest absolute Gasteiger partial charge is 0.308 e. The molecule has 0 saturated heterocycles. The molecule has 0 aliphatic heterocycles. The molecule has 2 N–H and O–H groups in total. The molecule has 6 heteroatoms. The normalized spacial score (nSPS) is 23.0. The molecule has 0 amide bonds. The lowest BCUT2D eigenvalue weighted by Crippen LogP contribution is -2.42. The third-order valence-electron chi connectivity index (χ3n) is 2.93. The second kappa shape index (κ2) is 4.70. The Bertz CT molecular complexity index is 444. The van der Waals surface area contributed by atoms with Crippen LogP contribution in [-0.2, 0) is 4.79 Å². The Kier molecular flexibility index (Phi) is 3.45. The van der Waals surface area contributed by atoms with Crippen LogP contribution in [0.1, 0.15) is 12.8 Å². The molecule has 0 spiro atoms. The summed E-state index contributed by atoms with van der Waals surface area (Å²) in [6.45, 7) is 0. The second-order valence-electron chi connectivity index (χ2n) is 4.03. The van der Waals surface area contributed by atoms with Crippen molar-refractivity contribution in [2.75, 3.05) is 5.32 Å². The van der Waals surface area contributed by atoms with Crippen molar-refractivity contribution in [3.8, 4) is 0 Å². The number of hydrogen-bond donors (Lipinski definition) is 2. The summed E-state index contributed by atoms with van der Waals surface area (Å²) >= 11 is 11.3. The number of aliphatic carboxylic acids is 1. The van der Waals surface area contributed by atoms with Crippen molar-refractivity contribution < 1.29 is 14.3 Å². The minimum Gasteiger partial charge on any atom is -0.481 e. The number of carbonyl (C=O) groups is 1. The van der Waals surface area contributed by atoms with Gasteiger partial charge in [-0.1, -0.05) is 23.2 Å². The summed E-state index contributed by atoms with van der Waals surface area (Å²) in [5, 5.41) is 11.7. The number of anilines is 1. The maximum absolute atomic E-state index is 13.2. The van der Waals surface area contributed by atoms with Gasteiger partial charge in [-0.3, -0.25) is 4.79 Å².